The molecule has 138 valence electrons. The zero-order valence-electron chi connectivity index (χ0n) is 15.7. The molecule has 0 aromatic carbocycles. The van der Waals surface area contributed by atoms with E-state index in [1.807, 2.05) is 18.7 Å². The van der Waals surface area contributed by atoms with Crippen LogP contribution in [0.1, 0.15) is 60.1 Å². The number of carbonyl (C=O) groups excluding carboxylic acids is 2. The molecular weight excluding hydrogens is 332 g/mol. The standard InChI is InChI=1S/C20H30N2O2S/c1-4-21(5-2)20(24)18-13-16-12-15(6-7-17(16)25-18)19(23)22-10-8-14(3)9-11-22/h13-15H,4-12H2,1-3H3. The highest BCUT2D eigenvalue weighted by atomic mass is 32.1. The van der Waals surface area contributed by atoms with E-state index >= 15 is 0 Å². The summed E-state index contributed by atoms with van der Waals surface area (Å²) in [7, 11) is 0. The Morgan fingerprint density at radius 3 is 2.52 bits per heavy atom. The van der Waals surface area contributed by atoms with Crippen LogP contribution >= 0.6 is 11.3 Å². The second-order valence-corrected chi connectivity index (χ2v) is 8.62. The predicted octanol–water partition coefficient (Wildman–Crippen LogP) is 3.59. The normalized spacial score (nSPS) is 21.1. The van der Waals surface area contributed by atoms with Crippen molar-refractivity contribution in [1.82, 2.24) is 9.80 Å². The average Bonchev–Trinajstić information content (AvgIpc) is 3.06. The summed E-state index contributed by atoms with van der Waals surface area (Å²) in [5.41, 5.74) is 1.23. The third-order valence-corrected chi connectivity index (χ3v) is 7.01. The van der Waals surface area contributed by atoms with Crippen molar-refractivity contribution in [3.8, 4) is 0 Å². The molecule has 1 saturated heterocycles. The van der Waals surface area contributed by atoms with E-state index in [4.69, 9.17) is 0 Å². The molecule has 0 bridgehead atoms. The third-order valence-electron chi connectivity index (χ3n) is 5.79. The Morgan fingerprint density at radius 2 is 1.88 bits per heavy atom. The monoisotopic (exact) mass is 362 g/mol. The van der Waals surface area contributed by atoms with Gasteiger partial charge < -0.3 is 9.80 Å². The van der Waals surface area contributed by atoms with Gasteiger partial charge in [0.2, 0.25) is 5.91 Å². The van der Waals surface area contributed by atoms with Crippen LogP contribution in [0, 0.1) is 11.8 Å². The van der Waals surface area contributed by atoms with Crippen molar-refractivity contribution < 1.29 is 9.59 Å². The van der Waals surface area contributed by atoms with Gasteiger partial charge in [-0.3, -0.25) is 9.59 Å². The molecule has 25 heavy (non-hydrogen) atoms. The number of thiophene rings is 1. The second kappa shape index (κ2) is 7.90. The first kappa shape index (κ1) is 18.4. The van der Waals surface area contributed by atoms with Crippen LogP contribution in [0.5, 0.6) is 0 Å². The lowest BCUT2D eigenvalue weighted by Crippen LogP contribution is -2.42. The first-order valence-electron chi connectivity index (χ1n) is 9.73. The lowest BCUT2D eigenvalue weighted by Gasteiger charge is -2.34. The van der Waals surface area contributed by atoms with Gasteiger partial charge in [-0.15, -0.1) is 11.3 Å². The molecule has 1 atom stereocenters. The average molecular weight is 363 g/mol. The van der Waals surface area contributed by atoms with Gasteiger partial charge in [0.25, 0.3) is 5.91 Å². The molecule has 1 aliphatic carbocycles. The number of hydrogen-bond acceptors (Lipinski definition) is 3. The summed E-state index contributed by atoms with van der Waals surface area (Å²) in [6, 6.07) is 2.05. The van der Waals surface area contributed by atoms with Gasteiger partial charge in [0.15, 0.2) is 0 Å². The number of amides is 2. The summed E-state index contributed by atoms with van der Waals surface area (Å²) in [6.07, 6.45) is 4.93. The van der Waals surface area contributed by atoms with Gasteiger partial charge in [-0.2, -0.15) is 0 Å². The molecule has 1 fully saturated rings. The Kier molecular flexibility index (Phi) is 5.82. The number of hydrogen-bond donors (Lipinski definition) is 0. The number of aryl methyl sites for hydroxylation is 1. The minimum atomic E-state index is 0.104. The zero-order chi connectivity index (χ0) is 18.0. The number of carbonyl (C=O) groups is 2. The van der Waals surface area contributed by atoms with E-state index in [1.54, 1.807) is 11.3 Å². The smallest absolute Gasteiger partial charge is 0.263 e. The summed E-state index contributed by atoms with van der Waals surface area (Å²) >= 11 is 1.64. The maximum atomic E-state index is 12.9. The number of likely N-dealkylation sites (tertiary alicyclic amines) is 1. The maximum absolute atomic E-state index is 12.9. The van der Waals surface area contributed by atoms with Crippen LogP contribution in [0.25, 0.3) is 0 Å². The molecule has 1 aromatic heterocycles. The van der Waals surface area contributed by atoms with Crippen molar-refractivity contribution in [2.75, 3.05) is 26.2 Å². The fourth-order valence-electron chi connectivity index (χ4n) is 3.99. The number of fused-ring (bicyclic) bond motifs is 1. The first-order valence-corrected chi connectivity index (χ1v) is 10.5. The van der Waals surface area contributed by atoms with E-state index in [2.05, 4.69) is 17.9 Å². The molecule has 2 aliphatic rings. The van der Waals surface area contributed by atoms with E-state index < -0.39 is 0 Å². The van der Waals surface area contributed by atoms with Gasteiger partial charge in [0.05, 0.1) is 4.88 Å². The fraction of sp³-hybridized carbons (Fsp3) is 0.700. The van der Waals surface area contributed by atoms with Gasteiger partial charge in [0, 0.05) is 37.0 Å². The van der Waals surface area contributed by atoms with Crippen LogP contribution in [0.2, 0.25) is 0 Å². The first-order chi connectivity index (χ1) is 12.0. The second-order valence-electron chi connectivity index (χ2n) is 7.48. The molecule has 5 heteroatoms. The van der Waals surface area contributed by atoms with E-state index in [0.717, 1.165) is 69.1 Å². The SMILES string of the molecule is CCN(CC)C(=O)c1cc2c(s1)CCC(C(=O)N1CCC(C)CC1)C2. The summed E-state index contributed by atoms with van der Waals surface area (Å²) < 4.78 is 0. The van der Waals surface area contributed by atoms with Gasteiger partial charge in [-0.1, -0.05) is 6.92 Å². The van der Waals surface area contributed by atoms with Crippen LogP contribution < -0.4 is 0 Å². The third kappa shape index (κ3) is 3.91. The Balaban J connectivity index is 1.67. The maximum Gasteiger partial charge on any atom is 0.263 e. The van der Waals surface area contributed by atoms with Crippen LogP contribution in [-0.2, 0) is 17.6 Å². The van der Waals surface area contributed by atoms with Crippen molar-refractivity contribution in [2.45, 2.75) is 52.9 Å². The topological polar surface area (TPSA) is 40.6 Å². The van der Waals surface area contributed by atoms with E-state index in [-0.39, 0.29) is 11.8 Å². The molecule has 4 nitrogen and oxygen atoms in total. The van der Waals surface area contributed by atoms with Crippen molar-refractivity contribution >= 4 is 23.2 Å². The van der Waals surface area contributed by atoms with Crippen LogP contribution in [0.3, 0.4) is 0 Å². The molecule has 0 N–H and O–H groups in total. The Labute approximate surface area is 155 Å². The highest BCUT2D eigenvalue weighted by Gasteiger charge is 2.31. The highest BCUT2D eigenvalue weighted by molar-refractivity contribution is 7.14. The molecule has 2 heterocycles. The quantitative estimate of drug-likeness (QED) is 0.821. The Hall–Kier alpha value is -1.36. The molecule has 0 saturated carbocycles. The molecular formula is C20H30N2O2S. The van der Waals surface area contributed by atoms with E-state index in [0.29, 0.717) is 5.91 Å². The fourth-order valence-corrected chi connectivity index (χ4v) is 5.17. The van der Waals surface area contributed by atoms with Gasteiger partial charge in [-0.25, -0.2) is 0 Å². The summed E-state index contributed by atoms with van der Waals surface area (Å²) in [6.45, 7) is 9.62. The lowest BCUT2D eigenvalue weighted by atomic mass is 9.86. The number of nitrogens with zero attached hydrogens (tertiary/aromatic N) is 2. The summed E-state index contributed by atoms with van der Waals surface area (Å²) in [5, 5.41) is 0. The minimum Gasteiger partial charge on any atom is -0.342 e. The molecule has 0 spiro atoms. The van der Waals surface area contributed by atoms with Crippen molar-refractivity contribution in [3.63, 3.8) is 0 Å². The van der Waals surface area contributed by atoms with E-state index in [9.17, 15) is 9.59 Å². The minimum absolute atomic E-state index is 0.104. The van der Waals surface area contributed by atoms with E-state index in [1.165, 1.54) is 10.4 Å². The summed E-state index contributed by atoms with van der Waals surface area (Å²) in [4.78, 5) is 31.5. The molecule has 3 rings (SSSR count). The molecule has 0 radical (unpaired) electrons. The van der Waals surface area contributed by atoms with Crippen molar-refractivity contribution in [3.05, 3.63) is 21.4 Å². The largest absolute Gasteiger partial charge is 0.342 e. The van der Waals surface area contributed by atoms with Crippen molar-refractivity contribution in [1.29, 1.82) is 0 Å². The van der Waals surface area contributed by atoms with Crippen molar-refractivity contribution in [2.24, 2.45) is 11.8 Å². The predicted molar refractivity (Wildman–Crippen MR) is 102 cm³/mol. The highest BCUT2D eigenvalue weighted by Crippen LogP contribution is 2.34. The number of piperidine rings is 1. The van der Waals surface area contributed by atoms with Crippen LogP contribution in [0.15, 0.2) is 6.07 Å². The number of rotatable bonds is 4. The molecule has 1 aromatic rings. The van der Waals surface area contributed by atoms with Crippen LogP contribution in [-0.4, -0.2) is 47.8 Å². The van der Waals surface area contributed by atoms with Gasteiger partial charge in [0.1, 0.15) is 0 Å². The Bertz CT molecular complexity index is 628. The lowest BCUT2D eigenvalue weighted by molar-refractivity contribution is -0.137. The Morgan fingerprint density at radius 1 is 1.20 bits per heavy atom. The van der Waals surface area contributed by atoms with Gasteiger partial charge >= 0.3 is 0 Å². The zero-order valence-corrected chi connectivity index (χ0v) is 16.5. The molecule has 2 amide bonds. The molecule has 1 aliphatic heterocycles. The molecule has 1 unspecified atom stereocenters. The van der Waals surface area contributed by atoms with Gasteiger partial charge in [-0.05, 0) is 63.5 Å². The summed E-state index contributed by atoms with van der Waals surface area (Å²) in [5.74, 6) is 1.32. The van der Waals surface area contributed by atoms with Crippen LogP contribution in [0.4, 0.5) is 0 Å².